The topological polar surface area (TPSA) is 43.8 Å². The van der Waals surface area contributed by atoms with Crippen LogP contribution in [-0.2, 0) is 6.54 Å². The zero-order chi connectivity index (χ0) is 13.1. The van der Waals surface area contributed by atoms with Crippen molar-refractivity contribution in [1.82, 2.24) is 9.55 Å². The molecule has 0 radical (unpaired) electrons. The van der Waals surface area contributed by atoms with Gasteiger partial charge < -0.3 is 10.3 Å². The van der Waals surface area contributed by atoms with Gasteiger partial charge in [0.25, 0.3) is 0 Å². The van der Waals surface area contributed by atoms with Crippen molar-refractivity contribution in [2.24, 2.45) is 5.73 Å². The smallest absolute Gasteiger partial charge is 0.130 e. The summed E-state index contributed by atoms with van der Waals surface area (Å²) in [5.74, 6) is 0.861. The highest BCUT2D eigenvalue weighted by molar-refractivity contribution is 9.10. The SMILES string of the molecule is CCCn1ccnc1C(N)c1cc(Cl)ccc1Br. The van der Waals surface area contributed by atoms with Crippen LogP contribution in [0.3, 0.4) is 0 Å². The number of aryl methyl sites for hydroxylation is 1. The maximum atomic E-state index is 6.29. The highest BCUT2D eigenvalue weighted by Gasteiger charge is 2.17. The van der Waals surface area contributed by atoms with Crippen LogP contribution in [0.15, 0.2) is 35.1 Å². The molecule has 0 aliphatic carbocycles. The highest BCUT2D eigenvalue weighted by Crippen LogP contribution is 2.28. The molecule has 5 heteroatoms. The van der Waals surface area contributed by atoms with E-state index in [4.69, 9.17) is 17.3 Å². The molecule has 96 valence electrons. The zero-order valence-electron chi connectivity index (χ0n) is 10.1. The molecule has 1 unspecified atom stereocenters. The largest absolute Gasteiger partial charge is 0.333 e. The van der Waals surface area contributed by atoms with E-state index in [1.165, 1.54) is 0 Å². The summed E-state index contributed by atoms with van der Waals surface area (Å²) in [6.07, 6.45) is 4.78. The Morgan fingerprint density at radius 3 is 3.00 bits per heavy atom. The third kappa shape index (κ3) is 2.76. The summed E-state index contributed by atoms with van der Waals surface area (Å²) in [7, 11) is 0. The van der Waals surface area contributed by atoms with Gasteiger partial charge in [0, 0.05) is 28.4 Å². The van der Waals surface area contributed by atoms with E-state index in [2.05, 4.69) is 32.4 Å². The summed E-state index contributed by atoms with van der Waals surface area (Å²) in [5.41, 5.74) is 7.24. The Kier molecular flexibility index (Phi) is 4.43. The lowest BCUT2D eigenvalue weighted by atomic mass is 10.1. The van der Waals surface area contributed by atoms with Crippen LogP contribution in [0.5, 0.6) is 0 Å². The number of rotatable bonds is 4. The number of halogens is 2. The summed E-state index contributed by atoms with van der Waals surface area (Å²) in [6, 6.07) is 5.34. The van der Waals surface area contributed by atoms with E-state index in [9.17, 15) is 0 Å². The second kappa shape index (κ2) is 5.87. The standard InChI is InChI=1S/C13H15BrClN3/c1-2-6-18-7-5-17-13(18)12(16)10-8-9(15)3-4-11(10)14/h3-5,7-8,12H,2,6,16H2,1H3. The number of nitrogens with two attached hydrogens (primary N) is 1. The van der Waals surface area contributed by atoms with Crippen molar-refractivity contribution in [2.75, 3.05) is 0 Å². The lowest BCUT2D eigenvalue weighted by Crippen LogP contribution is -2.18. The number of hydrogen-bond acceptors (Lipinski definition) is 2. The van der Waals surface area contributed by atoms with Crippen LogP contribution in [0.1, 0.15) is 30.8 Å². The number of nitrogens with zero attached hydrogens (tertiary/aromatic N) is 2. The van der Waals surface area contributed by atoms with E-state index in [-0.39, 0.29) is 6.04 Å². The molecule has 1 aromatic heterocycles. The minimum absolute atomic E-state index is 0.278. The average molecular weight is 329 g/mol. The molecule has 0 aliphatic rings. The number of imidazole rings is 1. The Hall–Kier alpha value is -0.840. The fourth-order valence-electron chi connectivity index (χ4n) is 1.92. The summed E-state index contributed by atoms with van der Waals surface area (Å²) < 4.78 is 3.03. The molecule has 2 aromatic rings. The van der Waals surface area contributed by atoms with E-state index in [1.54, 1.807) is 6.20 Å². The molecule has 1 aromatic carbocycles. The van der Waals surface area contributed by atoms with Gasteiger partial charge in [-0.25, -0.2) is 4.98 Å². The Morgan fingerprint density at radius 2 is 2.28 bits per heavy atom. The first-order chi connectivity index (χ1) is 8.63. The summed E-state index contributed by atoms with van der Waals surface area (Å²) in [5, 5.41) is 0.678. The maximum Gasteiger partial charge on any atom is 0.130 e. The number of aromatic nitrogens is 2. The fraction of sp³-hybridized carbons (Fsp3) is 0.308. The second-order valence-corrected chi connectivity index (χ2v) is 5.41. The molecule has 0 saturated carbocycles. The van der Waals surface area contributed by atoms with Gasteiger partial charge in [-0.05, 0) is 30.2 Å². The quantitative estimate of drug-likeness (QED) is 0.928. The van der Waals surface area contributed by atoms with Crippen molar-refractivity contribution >= 4 is 27.5 Å². The molecule has 18 heavy (non-hydrogen) atoms. The van der Waals surface area contributed by atoms with Crippen molar-refractivity contribution in [2.45, 2.75) is 25.9 Å². The average Bonchev–Trinajstić information content (AvgIpc) is 2.80. The fourth-order valence-corrected chi connectivity index (χ4v) is 2.60. The normalized spacial score (nSPS) is 12.7. The predicted octanol–water partition coefficient (Wildman–Crippen LogP) is 3.76. The molecule has 0 amide bonds. The first kappa shape index (κ1) is 13.6. The lowest BCUT2D eigenvalue weighted by Gasteiger charge is -2.15. The third-order valence-electron chi connectivity index (χ3n) is 2.78. The zero-order valence-corrected chi connectivity index (χ0v) is 12.4. The third-order valence-corrected chi connectivity index (χ3v) is 3.74. The molecule has 0 spiro atoms. The molecule has 1 atom stereocenters. The maximum absolute atomic E-state index is 6.29. The van der Waals surface area contributed by atoms with Crippen LogP contribution in [0, 0.1) is 0 Å². The van der Waals surface area contributed by atoms with Gasteiger partial charge in [0.15, 0.2) is 0 Å². The predicted molar refractivity (Wildman–Crippen MR) is 77.7 cm³/mol. The van der Waals surface area contributed by atoms with Crippen LogP contribution >= 0.6 is 27.5 Å². The van der Waals surface area contributed by atoms with Gasteiger partial charge in [0.2, 0.25) is 0 Å². The minimum atomic E-state index is -0.278. The molecule has 2 rings (SSSR count). The second-order valence-electron chi connectivity index (χ2n) is 4.12. The Bertz CT molecular complexity index is 539. The Morgan fingerprint density at radius 1 is 1.50 bits per heavy atom. The van der Waals surface area contributed by atoms with E-state index in [0.717, 1.165) is 28.8 Å². The van der Waals surface area contributed by atoms with Crippen molar-refractivity contribution in [3.8, 4) is 0 Å². The van der Waals surface area contributed by atoms with Crippen LogP contribution in [0.25, 0.3) is 0 Å². The highest BCUT2D eigenvalue weighted by atomic mass is 79.9. The van der Waals surface area contributed by atoms with E-state index in [0.29, 0.717) is 5.02 Å². The molecule has 0 bridgehead atoms. The van der Waals surface area contributed by atoms with Crippen LogP contribution in [0.4, 0.5) is 0 Å². The van der Waals surface area contributed by atoms with Crippen molar-refractivity contribution < 1.29 is 0 Å². The van der Waals surface area contributed by atoms with E-state index < -0.39 is 0 Å². The van der Waals surface area contributed by atoms with Gasteiger partial charge in [0.05, 0.1) is 6.04 Å². The monoisotopic (exact) mass is 327 g/mol. The lowest BCUT2D eigenvalue weighted by molar-refractivity contribution is 0.612. The Balaban J connectivity index is 2.38. The van der Waals surface area contributed by atoms with Crippen LogP contribution < -0.4 is 5.73 Å². The van der Waals surface area contributed by atoms with Crippen molar-refractivity contribution in [1.29, 1.82) is 0 Å². The van der Waals surface area contributed by atoms with Crippen molar-refractivity contribution in [3.05, 3.63) is 51.5 Å². The van der Waals surface area contributed by atoms with Gasteiger partial charge in [-0.2, -0.15) is 0 Å². The van der Waals surface area contributed by atoms with E-state index in [1.807, 2.05) is 24.4 Å². The van der Waals surface area contributed by atoms with Gasteiger partial charge in [-0.1, -0.05) is 34.5 Å². The molecule has 1 heterocycles. The molecule has 0 fully saturated rings. The molecular weight excluding hydrogens is 314 g/mol. The van der Waals surface area contributed by atoms with Crippen molar-refractivity contribution in [3.63, 3.8) is 0 Å². The minimum Gasteiger partial charge on any atom is -0.333 e. The summed E-state index contributed by atoms with van der Waals surface area (Å²) in [4.78, 5) is 4.36. The first-order valence-electron chi connectivity index (χ1n) is 5.85. The molecule has 2 N–H and O–H groups in total. The molecule has 3 nitrogen and oxygen atoms in total. The number of hydrogen-bond donors (Lipinski definition) is 1. The Labute approximate surface area is 120 Å². The molecule has 0 saturated heterocycles. The van der Waals surface area contributed by atoms with Gasteiger partial charge in [-0.3, -0.25) is 0 Å². The van der Waals surface area contributed by atoms with E-state index >= 15 is 0 Å². The van der Waals surface area contributed by atoms with Crippen LogP contribution in [-0.4, -0.2) is 9.55 Å². The molecule has 0 aliphatic heterocycles. The van der Waals surface area contributed by atoms with Gasteiger partial charge >= 0.3 is 0 Å². The number of benzene rings is 1. The van der Waals surface area contributed by atoms with Crippen LogP contribution in [0.2, 0.25) is 5.02 Å². The summed E-state index contributed by atoms with van der Waals surface area (Å²) >= 11 is 9.52. The first-order valence-corrected chi connectivity index (χ1v) is 7.02. The molecular formula is C13H15BrClN3. The van der Waals surface area contributed by atoms with Gasteiger partial charge in [-0.15, -0.1) is 0 Å². The van der Waals surface area contributed by atoms with Gasteiger partial charge in [0.1, 0.15) is 5.82 Å². The summed E-state index contributed by atoms with van der Waals surface area (Å²) in [6.45, 7) is 3.05.